The summed E-state index contributed by atoms with van der Waals surface area (Å²) in [5, 5.41) is 19.8. The molecular formula is C10H5Cl2NO3. The summed E-state index contributed by atoms with van der Waals surface area (Å²) in [4.78, 5) is 14.4. The zero-order valence-electron chi connectivity index (χ0n) is 7.74. The molecule has 0 aliphatic carbocycles. The summed E-state index contributed by atoms with van der Waals surface area (Å²) >= 11 is 11.5. The van der Waals surface area contributed by atoms with Crippen LogP contribution in [0.15, 0.2) is 12.1 Å². The third-order valence-corrected chi connectivity index (χ3v) is 2.86. The molecule has 0 bridgehead atoms. The highest BCUT2D eigenvalue weighted by Crippen LogP contribution is 2.36. The third kappa shape index (κ3) is 1.56. The van der Waals surface area contributed by atoms with E-state index in [0.717, 1.165) is 0 Å². The zero-order valence-corrected chi connectivity index (χ0v) is 9.25. The Hall–Kier alpha value is -1.52. The first-order valence-electron chi connectivity index (χ1n) is 4.20. The van der Waals surface area contributed by atoms with E-state index in [0.29, 0.717) is 6.29 Å². The molecule has 1 heterocycles. The molecule has 0 saturated heterocycles. The molecule has 0 fully saturated rings. The first-order valence-corrected chi connectivity index (χ1v) is 4.96. The number of fused-ring (bicyclic) bond motifs is 1. The van der Waals surface area contributed by atoms with Crippen molar-refractivity contribution in [2.45, 2.75) is 0 Å². The normalized spacial score (nSPS) is 10.6. The van der Waals surface area contributed by atoms with E-state index in [4.69, 9.17) is 23.2 Å². The number of aldehydes is 1. The Labute approximate surface area is 100 Å². The Morgan fingerprint density at radius 2 is 1.81 bits per heavy atom. The second kappa shape index (κ2) is 3.81. The van der Waals surface area contributed by atoms with Crippen LogP contribution >= 0.6 is 23.2 Å². The molecule has 6 heteroatoms. The number of rotatable bonds is 1. The average molecular weight is 258 g/mol. The van der Waals surface area contributed by atoms with Gasteiger partial charge in [-0.05, 0) is 12.1 Å². The van der Waals surface area contributed by atoms with Crippen LogP contribution in [0.1, 0.15) is 10.4 Å². The third-order valence-electron chi connectivity index (χ3n) is 2.13. The fraction of sp³-hybridized carbons (Fsp3) is 0. The van der Waals surface area contributed by atoms with E-state index < -0.39 is 5.88 Å². The van der Waals surface area contributed by atoms with Crippen molar-refractivity contribution in [2.24, 2.45) is 0 Å². The van der Waals surface area contributed by atoms with Crippen LogP contribution in [0.5, 0.6) is 11.6 Å². The standard InChI is InChI=1S/C10H5Cl2NO3/c11-6-1-4-8(2-7(6)12)13-10(16)5(3-14)9(4)15/h1-3H,(H2,13,15,16). The highest BCUT2D eigenvalue weighted by Gasteiger charge is 2.14. The number of hydrogen-bond donors (Lipinski definition) is 2. The zero-order chi connectivity index (χ0) is 11.9. The Balaban J connectivity index is 2.93. The average Bonchev–Trinajstić information content (AvgIpc) is 2.22. The number of pyridine rings is 1. The molecule has 0 spiro atoms. The van der Waals surface area contributed by atoms with Crippen molar-refractivity contribution in [1.82, 2.24) is 4.98 Å². The Morgan fingerprint density at radius 3 is 2.44 bits per heavy atom. The molecule has 2 rings (SSSR count). The van der Waals surface area contributed by atoms with Gasteiger partial charge in [0.2, 0.25) is 5.88 Å². The lowest BCUT2D eigenvalue weighted by molar-refractivity contribution is 0.111. The summed E-state index contributed by atoms with van der Waals surface area (Å²) in [7, 11) is 0. The maximum atomic E-state index is 10.6. The fourth-order valence-electron chi connectivity index (χ4n) is 1.35. The van der Waals surface area contributed by atoms with Gasteiger partial charge in [-0.15, -0.1) is 0 Å². The molecule has 0 radical (unpaired) electrons. The van der Waals surface area contributed by atoms with E-state index in [1.807, 2.05) is 0 Å². The molecule has 0 atom stereocenters. The Morgan fingerprint density at radius 1 is 1.19 bits per heavy atom. The number of nitrogens with zero attached hydrogens (tertiary/aromatic N) is 1. The lowest BCUT2D eigenvalue weighted by Gasteiger charge is -2.06. The summed E-state index contributed by atoms with van der Waals surface area (Å²) < 4.78 is 0. The first kappa shape index (κ1) is 11.0. The van der Waals surface area contributed by atoms with E-state index in [2.05, 4.69) is 4.98 Å². The predicted molar refractivity (Wildman–Crippen MR) is 60.5 cm³/mol. The molecular weight excluding hydrogens is 253 g/mol. The van der Waals surface area contributed by atoms with E-state index >= 15 is 0 Å². The molecule has 1 aromatic carbocycles. The van der Waals surface area contributed by atoms with Gasteiger partial charge in [-0.3, -0.25) is 4.79 Å². The Kier molecular flexibility index (Phi) is 2.61. The maximum absolute atomic E-state index is 10.6. The first-order chi connectivity index (χ1) is 7.54. The molecule has 2 aromatic rings. The van der Waals surface area contributed by atoms with Gasteiger partial charge in [0.1, 0.15) is 11.3 Å². The van der Waals surface area contributed by atoms with Gasteiger partial charge in [0, 0.05) is 5.39 Å². The van der Waals surface area contributed by atoms with Crippen LogP contribution in [0.3, 0.4) is 0 Å². The minimum atomic E-state index is -0.543. The van der Waals surface area contributed by atoms with Crippen molar-refractivity contribution >= 4 is 40.4 Å². The fourth-order valence-corrected chi connectivity index (χ4v) is 1.67. The maximum Gasteiger partial charge on any atom is 0.226 e. The molecule has 0 aliphatic rings. The number of benzene rings is 1. The van der Waals surface area contributed by atoms with Gasteiger partial charge in [-0.25, -0.2) is 4.98 Å². The predicted octanol–water partition coefficient (Wildman–Crippen LogP) is 2.77. The lowest BCUT2D eigenvalue weighted by Crippen LogP contribution is -1.89. The number of hydrogen-bond acceptors (Lipinski definition) is 4. The number of aromatic nitrogens is 1. The molecule has 16 heavy (non-hydrogen) atoms. The van der Waals surface area contributed by atoms with E-state index in [1.165, 1.54) is 12.1 Å². The summed E-state index contributed by atoms with van der Waals surface area (Å²) in [6.07, 6.45) is 0.319. The van der Waals surface area contributed by atoms with Gasteiger partial charge in [-0.1, -0.05) is 23.2 Å². The van der Waals surface area contributed by atoms with Gasteiger partial charge >= 0.3 is 0 Å². The van der Waals surface area contributed by atoms with Gasteiger partial charge in [0.15, 0.2) is 6.29 Å². The minimum Gasteiger partial charge on any atom is -0.506 e. The number of carbonyl (C=O) groups excluding carboxylic acids is 1. The minimum absolute atomic E-state index is 0.230. The van der Waals surface area contributed by atoms with Crippen molar-refractivity contribution in [3.63, 3.8) is 0 Å². The van der Waals surface area contributed by atoms with Crippen LogP contribution in [-0.2, 0) is 0 Å². The van der Waals surface area contributed by atoms with Crippen LogP contribution in [0, 0.1) is 0 Å². The van der Waals surface area contributed by atoms with Gasteiger partial charge in [-0.2, -0.15) is 0 Å². The second-order valence-corrected chi connectivity index (χ2v) is 3.91. The van der Waals surface area contributed by atoms with Crippen molar-refractivity contribution in [3.8, 4) is 11.6 Å². The van der Waals surface area contributed by atoms with Crippen LogP contribution in [0.4, 0.5) is 0 Å². The van der Waals surface area contributed by atoms with Crippen molar-refractivity contribution < 1.29 is 15.0 Å². The molecule has 0 saturated carbocycles. The van der Waals surface area contributed by atoms with E-state index in [-0.39, 0.29) is 32.3 Å². The van der Waals surface area contributed by atoms with Crippen LogP contribution in [0.2, 0.25) is 10.0 Å². The molecule has 82 valence electrons. The van der Waals surface area contributed by atoms with Gasteiger partial charge < -0.3 is 10.2 Å². The van der Waals surface area contributed by atoms with Crippen molar-refractivity contribution in [2.75, 3.05) is 0 Å². The monoisotopic (exact) mass is 257 g/mol. The van der Waals surface area contributed by atoms with Gasteiger partial charge in [0.05, 0.1) is 15.6 Å². The van der Waals surface area contributed by atoms with Crippen LogP contribution in [0.25, 0.3) is 10.9 Å². The SMILES string of the molecule is O=Cc1c(O)nc2cc(Cl)c(Cl)cc2c1O. The molecule has 0 amide bonds. The van der Waals surface area contributed by atoms with Crippen molar-refractivity contribution in [1.29, 1.82) is 0 Å². The second-order valence-electron chi connectivity index (χ2n) is 3.10. The topological polar surface area (TPSA) is 70.4 Å². The molecule has 0 aliphatic heterocycles. The highest BCUT2D eigenvalue weighted by molar-refractivity contribution is 6.42. The number of aromatic hydroxyl groups is 2. The summed E-state index contributed by atoms with van der Waals surface area (Å²) in [5.74, 6) is -0.908. The molecule has 4 nitrogen and oxygen atoms in total. The van der Waals surface area contributed by atoms with E-state index in [1.54, 1.807) is 0 Å². The molecule has 2 N–H and O–H groups in total. The van der Waals surface area contributed by atoms with E-state index in [9.17, 15) is 15.0 Å². The molecule has 1 aromatic heterocycles. The van der Waals surface area contributed by atoms with Crippen molar-refractivity contribution in [3.05, 3.63) is 27.7 Å². The molecule has 0 unspecified atom stereocenters. The summed E-state index contributed by atoms with van der Waals surface area (Å²) in [5.41, 5.74) is -0.0131. The summed E-state index contributed by atoms with van der Waals surface area (Å²) in [6.45, 7) is 0. The largest absolute Gasteiger partial charge is 0.506 e. The van der Waals surface area contributed by atoms with Crippen LogP contribution in [-0.4, -0.2) is 21.5 Å². The number of carbonyl (C=O) groups is 1. The Bertz CT molecular complexity index is 598. The van der Waals surface area contributed by atoms with Gasteiger partial charge in [0.25, 0.3) is 0 Å². The quantitative estimate of drug-likeness (QED) is 0.771. The van der Waals surface area contributed by atoms with Crippen LogP contribution < -0.4 is 0 Å². The summed E-state index contributed by atoms with van der Waals surface area (Å²) in [6, 6.07) is 2.78. The number of halogens is 2. The highest BCUT2D eigenvalue weighted by atomic mass is 35.5. The lowest BCUT2D eigenvalue weighted by atomic mass is 10.1. The smallest absolute Gasteiger partial charge is 0.226 e.